The number of imidazole rings is 1. The molecule has 1 amide bonds. The van der Waals surface area contributed by atoms with Gasteiger partial charge in [-0.2, -0.15) is 18.3 Å². The van der Waals surface area contributed by atoms with Gasteiger partial charge in [-0.25, -0.2) is 9.97 Å². The number of carbonyl (C=O) groups is 1. The molecule has 4 N–H and O–H groups in total. The van der Waals surface area contributed by atoms with Crippen LogP contribution in [0.3, 0.4) is 0 Å². The van der Waals surface area contributed by atoms with E-state index in [0.29, 0.717) is 48.8 Å². The van der Waals surface area contributed by atoms with E-state index in [1.54, 1.807) is 12.1 Å². The average molecular weight is 511 g/mol. The van der Waals surface area contributed by atoms with Crippen molar-refractivity contribution in [3.8, 4) is 23.6 Å². The van der Waals surface area contributed by atoms with Gasteiger partial charge in [0.15, 0.2) is 17.2 Å². The van der Waals surface area contributed by atoms with Crippen LogP contribution in [0.15, 0.2) is 43.0 Å². The van der Waals surface area contributed by atoms with Gasteiger partial charge >= 0.3 is 6.18 Å². The second kappa shape index (κ2) is 11.1. The van der Waals surface area contributed by atoms with E-state index < -0.39 is 11.9 Å². The molecule has 0 saturated heterocycles. The molecule has 3 aromatic heterocycles. The van der Waals surface area contributed by atoms with Crippen molar-refractivity contribution in [3.05, 3.63) is 59.8 Å². The van der Waals surface area contributed by atoms with Gasteiger partial charge in [0.25, 0.3) is 5.91 Å². The number of halogens is 3. The first-order valence-corrected chi connectivity index (χ1v) is 11.6. The normalized spacial score (nSPS) is 11.4. The molecule has 0 fully saturated rings. The van der Waals surface area contributed by atoms with E-state index in [1.165, 1.54) is 29.2 Å². The van der Waals surface area contributed by atoms with Gasteiger partial charge in [0.05, 0.1) is 24.0 Å². The maximum atomic E-state index is 13.4. The number of benzene rings is 1. The smallest absolute Gasteiger partial charge is 0.352 e. The Labute approximate surface area is 210 Å². The number of anilines is 2. The molecular weight excluding hydrogens is 485 g/mol. The summed E-state index contributed by atoms with van der Waals surface area (Å²) in [4.78, 5) is 21.3. The molecule has 0 atom stereocenters. The van der Waals surface area contributed by atoms with Crippen molar-refractivity contribution in [2.24, 2.45) is 0 Å². The molecule has 0 aliphatic heterocycles. The summed E-state index contributed by atoms with van der Waals surface area (Å²) in [6.07, 6.45) is 7.47. The molecule has 192 valence electrons. The lowest BCUT2D eigenvalue weighted by molar-refractivity contribution is -0.140. The Morgan fingerprint density at radius 3 is 2.84 bits per heavy atom. The van der Waals surface area contributed by atoms with Gasteiger partial charge < -0.3 is 16.0 Å². The van der Waals surface area contributed by atoms with Gasteiger partial charge in [-0.1, -0.05) is 12.8 Å². The second-order valence-corrected chi connectivity index (χ2v) is 8.10. The van der Waals surface area contributed by atoms with Crippen molar-refractivity contribution in [2.75, 3.05) is 25.0 Å². The topological polar surface area (TPSA) is 112 Å². The summed E-state index contributed by atoms with van der Waals surface area (Å²) in [6, 6.07) is 5.32. The first-order chi connectivity index (χ1) is 17.8. The molecule has 9 nitrogen and oxygen atoms in total. The van der Waals surface area contributed by atoms with Crippen LogP contribution in [0.25, 0.3) is 16.9 Å². The highest BCUT2D eigenvalue weighted by atomic mass is 19.4. The van der Waals surface area contributed by atoms with Gasteiger partial charge in [-0.15, -0.1) is 6.42 Å². The predicted octanol–water partition coefficient (Wildman–Crippen LogP) is 3.79. The molecule has 4 rings (SSSR count). The van der Waals surface area contributed by atoms with Gasteiger partial charge in [-0.05, 0) is 43.1 Å². The lowest BCUT2D eigenvalue weighted by Gasteiger charge is -2.13. The molecule has 0 aliphatic carbocycles. The number of alkyl halides is 3. The van der Waals surface area contributed by atoms with Crippen LogP contribution < -0.4 is 16.0 Å². The van der Waals surface area contributed by atoms with Crippen molar-refractivity contribution in [3.63, 3.8) is 0 Å². The first kappa shape index (κ1) is 25.7. The molecule has 4 aromatic rings. The third-order valence-electron chi connectivity index (χ3n) is 5.65. The average Bonchev–Trinajstić information content (AvgIpc) is 3.53. The SMILES string of the molecule is C#CCNCCCNC(=O)c1ccc(Nc2nccn3c(-c4c[nH]nc4C(F)(F)F)cnc23)cc1CC. The summed E-state index contributed by atoms with van der Waals surface area (Å²) in [5, 5.41) is 14.8. The van der Waals surface area contributed by atoms with Gasteiger partial charge in [-0.3, -0.25) is 14.3 Å². The molecule has 37 heavy (non-hydrogen) atoms. The zero-order chi connectivity index (χ0) is 26.4. The highest BCUT2D eigenvalue weighted by Crippen LogP contribution is 2.36. The van der Waals surface area contributed by atoms with Crippen molar-refractivity contribution in [2.45, 2.75) is 25.9 Å². The summed E-state index contributed by atoms with van der Waals surface area (Å²) in [5.41, 5.74) is 1.48. The lowest BCUT2D eigenvalue weighted by Crippen LogP contribution is -2.28. The van der Waals surface area contributed by atoms with E-state index in [1.807, 2.05) is 13.0 Å². The number of amides is 1. The lowest BCUT2D eigenvalue weighted by atomic mass is 10.0. The highest BCUT2D eigenvalue weighted by molar-refractivity contribution is 5.96. The number of aromatic nitrogens is 5. The van der Waals surface area contributed by atoms with E-state index in [9.17, 15) is 18.0 Å². The van der Waals surface area contributed by atoms with Crippen molar-refractivity contribution >= 4 is 23.1 Å². The van der Waals surface area contributed by atoms with Crippen molar-refractivity contribution < 1.29 is 18.0 Å². The van der Waals surface area contributed by atoms with Gasteiger partial charge in [0, 0.05) is 36.4 Å². The van der Waals surface area contributed by atoms with Crippen molar-refractivity contribution in [1.82, 2.24) is 35.2 Å². The fraction of sp³-hybridized carbons (Fsp3) is 0.280. The number of hydrogen-bond acceptors (Lipinski definition) is 6. The highest BCUT2D eigenvalue weighted by Gasteiger charge is 2.37. The molecule has 0 spiro atoms. The maximum Gasteiger partial charge on any atom is 0.435 e. The third kappa shape index (κ3) is 5.73. The van der Waals surface area contributed by atoms with Crippen LogP contribution in [0, 0.1) is 12.3 Å². The van der Waals surface area contributed by atoms with E-state index in [0.717, 1.165) is 12.0 Å². The number of aromatic amines is 1. The summed E-state index contributed by atoms with van der Waals surface area (Å²) < 4.78 is 41.6. The largest absolute Gasteiger partial charge is 0.435 e. The Balaban J connectivity index is 1.53. The van der Waals surface area contributed by atoms with Crippen LogP contribution in [-0.4, -0.2) is 50.1 Å². The summed E-state index contributed by atoms with van der Waals surface area (Å²) in [5.74, 6) is 2.68. The zero-order valence-electron chi connectivity index (χ0n) is 20.0. The molecule has 3 heterocycles. The second-order valence-electron chi connectivity index (χ2n) is 8.10. The molecule has 0 aliphatic rings. The number of nitrogens with one attached hydrogen (secondary N) is 4. The van der Waals surface area contributed by atoms with E-state index >= 15 is 0 Å². The predicted molar refractivity (Wildman–Crippen MR) is 133 cm³/mol. The maximum absolute atomic E-state index is 13.4. The van der Waals surface area contributed by atoms with E-state index in [-0.39, 0.29) is 17.2 Å². The number of H-pyrrole nitrogens is 1. The zero-order valence-corrected chi connectivity index (χ0v) is 20.0. The fourth-order valence-electron chi connectivity index (χ4n) is 3.90. The molecule has 1 aromatic carbocycles. The Hall–Kier alpha value is -4.37. The quantitative estimate of drug-likeness (QED) is 0.191. The molecule has 12 heteroatoms. The Morgan fingerprint density at radius 2 is 2.08 bits per heavy atom. The Morgan fingerprint density at radius 1 is 1.24 bits per heavy atom. The number of carbonyl (C=O) groups excluding carboxylic acids is 1. The van der Waals surface area contributed by atoms with Crippen LogP contribution in [0.2, 0.25) is 0 Å². The van der Waals surface area contributed by atoms with Crippen LogP contribution in [0.5, 0.6) is 0 Å². The van der Waals surface area contributed by atoms with Crippen LogP contribution >= 0.6 is 0 Å². The summed E-state index contributed by atoms with van der Waals surface area (Å²) >= 11 is 0. The minimum Gasteiger partial charge on any atom is -0.352 e. The number of fused-ring (bicyclic) bond motifs is 1. The van der Waals surface area contributed by atoms with E-state index in [2.05, 4.69) is 42.0 Å². The monoisotopic (exact) mass is 510 g/mol. The molecule has 0 saturated carbocycles. The molecule has 0 bridgehead atoms. The molecule has 0 radical (unpaired) electrons. The number of nitrogens with zero attached hydrogens (tertiary/aromatic N) is 4. The summed E-state index contributed by atoms with van der Waals surface area (Å²) in [7, 11) is 0. The van der Waals surface area contributed by atoms with Crippen LogP contribution in [-0.2, 0) is 12.6 Å². The molecular formula is C25H25F3N8O. The van der Waals surface area contributed by atoms with Gasteiger partial charge in [0.1, 0.15) is 0 Å². The van der Waals surface area contributed by atoms with Crippen LogP contribution in [0.1, 0.15) is 35.0 Å². The number of hydrogen-bond donors (Lipinski definition) is 4. The minimum atomic E-state index is -4.61. The molecule has 0 unspecified atom stereocenters. The van der Waals surface area contributed by atoms with Crippen molar-refractivity contribution in [1.29, 1.82) is 0 Å². The Kier molecular flexibility index (Phi) is 7.74. The third-order valence-corrected chi connectivity index (χ3v) is 5.65. The Bertz CT molecular complexity index is 1430. The van der Waals surface area contributed by atoms with E-state index in [4.69, 9.17) is 6.42 Å². The number of terminal acetylenes is 1. The van der Waals surface area contributed by atoms with Crippen LogP contribution in [0.4, 0.5) is 24.7 Å². The number of aryl methyl sites for hydroxylation is 1. The fourth-order valence-corrected chi connectivity index (χ4v) is 3.90. The minimum absolute atomic E-state index is 0.118. The van der Waals surface area contributed by atoms with Gasteiger partial charge in [0.2, 0.25) is 0 Å². The first-order valence-electron chi connectivity index (χ1n) is 11.6. The standard InChI is InChI=1S/C25H25F3N8O/c1-3-8-29-9-5-10-31-24(37)18-7-6-17(13-16(18)4-2)34-22-23-32-15-20(36(23)12-11-30-22)19-14-33-35-21(19)25(26,27)28/h1,6-7,11-15,29H,4-5,8-10H2,2H3,(H,30,34)(H,31,37)(H,33,35). The number of rotatable bonds is 10. The summed E-state index contributed by atoms with van der Waals surface area (Å²) in [6.45, 7) is 3.66.